The van der Waals surface area contributed by atoms with Crippen LogP contribution in [0.3, 0.4) is 0 Å². The molecule has 1 aromatic heterocycles. The molecule has 0 atom stereocenters. The lowest BCUT2D eigenvalue weighted by Gasteiger charge is -2.08. The second-order valence-corrected chi connectivity index (χ2v) is 5.22. The Hall–Kier alpha value is -1.48. The predicted molar refractivity (Wildman–Crippen MR) is 74.8 cm³/mol. The summed E-state index contributed by atoms with van der Waals surface area (Å²) in [4.78, 5) is 1.31. The van der Waals surface area contributed by atoms with Crippen LogP contribution < -0.4 is 10.5 Å². The molecule has 2 N–H and O–H groups in total. The van der Waals surface area contributed by atoms with Crippen molar-refractivity contribution >= 4 is 16.3 Å². The lowest BCUT2D eigenvalue weighted by Crippen LogP contribution is -1.90. The highest BCUT2D eigenvalue weighted by molar-refractivity contribution is 7.16. The molecule has 0 fully saturated rings. The molecule has 2 rings (SSSR count). The van der Waals surface area contributed by atoms with Crippen LogP contribution in [0.1, 0.15) is 17.4 Å². The SMILES string of the molecule is CCc1cc(-c2cc(C)ccc2OC)c(N)s1. The average molecular weight is 247 g/mol. The summed E-state index contributed by atoms with van der Waals surface area (Å²) in [6.07, 6.45) is 1.02. The Morgan fingerprint density at radius 1 is 1.24 bits per heavy atom. The fraction of sp³-hybridized carbons (Fsp3) is 0.286. The fourth-order valence-electron chi connectivity index (χ4n) is 1.87. The Labute approximate surface area is 106 Å². The van der Waals surface area contributed by atoms with Gasteiger partial charge in [0.2, 0.25) is 0 Å². The molecule has 0 saturated carbocycles. The first-order valence-corrected chi connectivity index (χ1v) is 6.50. The Morgan fingerprint density at radius 2 is 2.00 bits per heavy atom. The number of nitrogen functional groups attached to an aromatic ring is 1. The number of benzene rings is 1. The predicted octanol–water partition coefficient (Wildman–Crippen LogP) is 3.88. The summed E-state index contributed by atoms with van der Waals surface area (Å²) in [5, 5.41) is 0.866. The molecule has 2 aromatic rings. The lowest BCUT2D eigenvalue weighted by atomic mass is 10.0. The molecule has 0 aliphatic rings. The molecule has 0 aliphatic carbocycles. The van der Waals surface area contributed by atoms with E-state index in [2.05, 4.69) is 26.0 Å². The Balaban J connectivity index is 2.58. The zero-order valence-corrected chi connectivity index (χ0v) is 11.2. The molecule has 17 heavy (non-hydrogen) atoms. The van der Waals surface area contributed by atoms with Crippen molar-refractivity contribution in [3.8, 4) is 16.9 Å². The summed E-state index contributed by atoms with van der Waals surface area (Å²) >= 11 is 1.66. The van der Waals surface area contributed by atoms with Crippen LogP contribution in [0, 0.1) is 6.92 Å². The topological polar surface area (TPSA) is 35.2 Å². The number of nitrogens with two attached hydrogens (primary N) is 1. The van der Waals surface area contributed by atoms with Crippen molar-refractivity contribution in [2.75, 3.05) is 12.8 Å². The average Bonchev–Trinajstić information content (AvgIpc) is 2.70. The zero-order chi connectivity index (χ0) is 12.4. The van der Waals surface area contributed by atoms with Crippen LogP contribution in [0.2, 0.25) is 0 Å². The van der Waals surface area contributed by atoms with Gasteiger partial charge in [-0.05, 0) is 31.5 Å². The number of hydrogen-bond acceptors (Lipinski definition) is 3. The maximum atomic E-state index is 6.09. The van der Waals surface area contributed by atoms with Gasteiger partial charge in [-0.25, -0.2) is 0 Å². The minimum absolute atomic E-state index is 0.866. The number of hydrogen-bond donors (Lipinski definition) is 1. The maximum Gasteiger partial charge on any atom is 0.126 e. The lowest BCUT2D eigenvalue weighted by molar-refractivity contribution is 0.416. The third-order valence-electron chi connectivity index (χ3n) is 2.81. The van der Waals surface area contributed by atoms with E-state index >= 15 is 0 Å². The van der Waals surface area contributed by atoms with Gasteiger partial charge < -0.3 is 10.5 Å². The number of anilines is 1. The van der Waals surface area contributed by atoms with E-state index in [1.807, 2.05) is 12.1 Å². The molecule has 3 heteroatoms. The quantitative estimate of drug-likeness (QED) is 0.893. The Morgan fingerprint density at radius 3 is 2.59 bits per heavy atom. The van der Waals surface area contributed by atoms with Gasteiger partial charge in [-0.15, -0.1) is 11.3 Å². The first kappa shape index (κ1) is 12.0. The molecule has 2 nitrogen and oxygen atoms in total. The minimum Gasteiger partial charge on any atom is -0.496 e. The number of thiophene rings is 1. The summed E-state index contributed by atoms with van der Waals surface area (Å²) < 4.78 is 5.40. The summed E-state index contributed by atoms with van der Waals surface area (Å²) in [5.74, 6) is 0.878. The molecule has 1 aromatic carbocycles. The first-order valence-electron chi connectivity index (χ1n) is 5.69. The molecule has 1 heterocycles. The first-order chi connectivity index (χ1) is 8.15. The van der Waals surface area contributed by atoms with Crippen LogP contribution in [0.25, 0.3) is 11.1 Å². The zero-order valence-electron chi connectivity index (χ0n) is 10.4. The van der Waals surface area contributed by atoms with Crippen LogP contribution in [-0.4, -0.2) is 7.11 Å². The van der Waals surface area contributed by atoms with Gasteiger partial charge >= 0.3 is 0 Å². The van der Waals surface area contributed by atoms with Crippen molar-refractivity contribution in [1.29, 1.82) is 0 Å². The van der Waals surface area contributed by atoms with Gasteiger partial charge in [-0.3, -0.25) is 0 Å². The maximum absolute atomic E-state index is 6.09. The molecule has 0 saturated heterocycles. The second kappa shape index (κ2) is 4.80. The molecular formula is C14H17NOS. The monoisotopic (exact) mass is 247 g/mol. The summed E-state index contributed by atoms with van der Waals surface area (Å²) in [5.41, 5.74) is 9.47. The van der Waals surface area contributed by atoms with Gasteiger partial charge in [0.1, 0.15) is 5.75 Å². The summed E-state index contributed by atoms with van der Waals surface area (Å²) in [6, 6.07) is 8.33. The third-order valence-corrected chi connectivity index (χ3v) is 3.91. The largest absolute Gasteiger partial charge is 0.496 e. The van der Waals surface area contributed by atoms with Crippen LogP contribution in [-0.2, 0) is 6.42 Å². The van der Waals surface area contributed by atoms with Crippen molar-refractivity contribution in [2.45, 2.75) is 20.3 Å². The van der Waals surface area contributed by atoms with Gasteiger partial charge in [0.15, 0.2) is 0 Å². The standard InChI is InChI=1S/C14H17NOS/c1-4-10-8-12(14(15)17-10)11-7-9(2)5-6-13(11)16-3/h5-8H,4,15H2,1-3H3. The van der Waals surface area contributed by atoms with Crippen molar-refractivity contribution in [2.24, 2.45) is 0 Å². The van der Waals surface area contributed by atoms with Crippen LogP contribution in [0.4, 0.5) is 5.00 Å². The number of ether oxygens (including phenoxy) is 1. The molecule has 0 radical (unpaired) electrons. The van der Waals surface area contributed by atoms with E-state index < -0.39 is 0 Å². The van der Waals surface area contributed by atoms with E-state index in [1.165, 1.54) is 10.4 Å². The summed E-state index contributed by atoms with van der Waals surface area (Å²) in [7, 11) is 1.69. The highest BCUT2D eigenvalue weighted by Crippen LogP contribution is 2.39. The van der Waals surface area contributed by atoms with Crippen molar-refractivity contribution in [3.05, 3.63) is 34.7 Å². The van der Waals surface area contributed by atoms with Crippen molar-refractivity contribution in [1.82, 2.24) is 0 Å². The van der Waals surface area contributed by atoms with Crippen LogP contribution in [0.5, 0.6) is 5.75 Å². The van der Waals surface area contributed by atoms with E-state index in [0.717, 1.165) is 28.3 Å². The highest BCUT2D eigenvalue weighted by atomic mass is 32.1. The van der Waals surface area contributed by atoms with E-state index in [-0.39, 0.29) is 0 Å². The fourth-order valence-corrected chi connectivity index (χ4v) is 2.76. The third kappa shape index (κ3) is 2.29. The van der Waals surface area contributed by atoms with Gasteiger partial charge in [0.05, 0.1) is 12.1 Å². The van der Waals surface area contributed by atoms with Gasteiger partial charge in [0, 0.05) is 16.0 Å². The number of rotatable bonds is 3. The second-order valence-electron chi connectivity index (χ2n) is 4.05. The number of aryl methyl sites for hydroxylation is 2. The highest BCUT2D eigenvalue weighted by Gasteiger charge is 2.12. The van der Waals surface area contributed by atoms with Gasteiger partial charge in [0.25, 0.3) is 0 Å². The molecule has 90 valence electrons. The number of methoxy groups -OCH3 is 1. The minimum atomic E-state index is 0.866. The van der Waals surface area contributed by atoms with Crippen LogP contribution in [0.15, 0.2) is 24.3 Å². The van der Waals surface area contributed by atoms with E-state index in [4.69, 9.17) is 10.5 Å². The van der Waals surface area contributed by atoms with Gasteiger partial charge in [-0.1, -0.05) is 18.6 Å². The van der Waals surface area contributed by atoms with Gasteiger partial charge in [-0.2, -0.15) is 0 Å². The molecular weight excluding hydrogens is 230 g/mol. The summed E-state index contributed by atoms with van der Waals surface area (Å²) in [6.45, 7) is 4.22. The van der Waals surface area contributed by atoms with Crippen LogP contribution >= 0.6 is 11.3 Å². The smallest absolute Gasteiger partial charge is 0.126 e. The van der Waals surface area contributed by atoms with E-state index in [0.29, 0.717) is 0 Å². The van der Waals surface area contributed by atoms with Crippen molar-refractivity contribution in [3.63, 3.8) is 0 Å². The molecule has 0 amide bonds. The molecule has 0 unspecified atom stereocenters. The van der Waals surface area contributed by atoms with Crippen molar-refractivity contribution < 1.29 is 4.74 Å². The Bertz CT molecular complexity index is 531. The van der Waals surface area contributed by atoms with E-state index in [1.54, 1.807) is 18.4 Å². The normalized spacial score (nSPS) is 10.5. The molecule has 0 bridgehead atoms. The Kier molecular flexibility index (Phi) is 3.38. The molecule has 0 spiro atoms. The van der Waals surface area contributed by atoms with E-state index in [9.17, 15) is 0 Å². The molecule has 0 aliphatic heterocycles.